The number of allylic oxidation sites excluding steroid dienone is 1. The number of carbonyl (C=O) groups excluding carboxylic acids is 1. The standard InChI is InChI=1S/C22H26N2O2/c1-4-16-12(2)14-9-19-21-17(7-8-24(11-14)22(16)19)18-10-15(26-13(3)25)5-6-20(18)23-21/h5-6,10-12,16,19,22-23H,4,7-9H2,1-3H3/t12-,16-,19-,22?/m0/s1. The highest BCUT2D eigenvalue weighted by atomic mass is 16.5. The van der Waals surface area contributed by atoms with Crippen LogP contribution >= 0.6 is 0 Å². The highest BCUT2D eigenvalue weighted by molar-refractivity contribution is 5.87. The van der Waals surface area contributed by atoms with Crippen molar-refractivity contribution in [3.8, 4) is 5.75 Å². The molecule has 1 N–H and O–H groups in total. The van der Waals surface area contributed by atoms with Crippen LogP contribution in [-0.2, 0) is 11.2 Å². The van der Waals surface area contributed by atoms with Gasteiger partial charge in [-0.25, -0.2) is 0 Å². The summed E-state index contributed by atoms with van der Waals surface area (Å²) in [5.41, 5.74) is 5.63. The number of fused-ring (bicyclic) bond motifs is 4. The Morgan fingerprint density at radius 2 is 2.23 bits per heavy atom. The smallest absolute Gasteiger partial charge is 0.308 e. The number of esters is 1. The molecule has 3 aliphatic heterocycles. The maximum absolute atomic E-state index is 11.3. The molecule has 0 spiro atoms. The second-order valence-electron chi connectivity index (χ2n) is 8.17. The van der Waals surface area contributed by atoms with Gasteiger partial charge in [0.05, 0.1) is 0 Å². The molecule has 1 saturated carbocycles. The molecule has 136 valence electrons. The number of nitrogens with one attached hydrogen (secondary N) is 1. The van der Waals surface area contributed by atoms with Gasteiger partial charge in [-0.1, -0.05) is 25.8 Å². The number of aromatic nitrogens is 1. The van der Waals surface area contributed by atoms with Crippen LogP contribution in [0, 0.1) is 11.8 Å². The van der Waals surface area contributed by atoms with E-state index in [1.807, 2.05) is 12.1 Å². The van der Waals surface area contributed by atoms with Gasteiger partial charge >= 0.3 is 5.97 Å². The molecular formula is C22H26N2O2. The van der Waals surface area contributed by atoms with Crippen molar-refractivity contribution in [2.24, 2.45) is 11.8 Å². The van der Waals surface area contributed by atoms with Crippen LogP contribution in [0.3, 0.4) is 0 Å². The Labute approximate surface area is 154 Å². The third-order valence-electron chi connectivity index (χ3n) is 6.88. The molecule has 1 unspecified atom stereocenters. The Morgan fingerprint density at radius 1 is 1.38 bits per heavy atom. The van der Waals surface area contributed by atoms with E-state index in [-0.39, 0.29) is 5.97 Å². The van der Waals surface area contributed by atoms with E-state index in [2.05, 4.69) is 36.0 Å². The van der Waals surface area contributed by atoms with Crippen LogP contribution < -0.4 is 4.74 Å². The molecule has 0 amide bonds. The summed E-state index contributed by atoms with van der Waals surface area (Å²) >= 11 is 0. The monoisotopic (exact) mass is 350 g/mol. The highest BCUT2D eigenvalue weighted by Crippen LogP contribution is 2.52. The largest absolute Gasteiger partial charge is 0.427 e. The fourth-order valence-corrected chi connectivity index (χ4v) is 5.76. The minimum atomic E-state index is -0.268. The van der Waals surface area contributed by atoms with Crippen molar-refractivity contribution in [1.29, 1.82) is 0 Å². The zero-order valence-electron chi connectivity index (χ0n) is 15.7. The van der Waals surface area contributed by atoms with Crippen LogP contribution in [0.15, 0.2) is 30.0 Å². The van der Waals surface area contributed by atoms with Crippen molar-refractivity contribution >= 4 is 16.9 Å². The van der Waals surface area contributed by atoms with Gasteiger partial charge in [0.15, 0.2) is 0 Å². The minimum Gasteiger partial charge on any atom is -0.427 e. The number of H-pyrrole nitrogens is 1. The summed E-state index contributed by atoms with van der Waals surface area (Å²) in [6.07, 6.45) is 5.91. The van der Waals surface area contributed by atoms with Gasteiger partial charge in [0, 0.05) is 42.0 Å². The third-order valence-corrected chi connectivity index (χ3v) is 6.88. The molecule has 4 heterocycles. The van der Waals surface area contributed by atoms with Gasteiger partial charge in [0.25, 0.3) is 0 Å². The van der Waals surface area contributed by atoms with E-state index in [1.54, 1.807) is 5.57 Å². The summed E-state index contributed by atoms with van der Waals surface area (Å²) in [6, 6.07) is 6.58. The van der Waals surface area contributed by atoms with Crippen molar-refractivity contribution in [3.05, 3.63) is 41.2 Å². The Bertz CT molecular complexity index is 926. The maximum atomic E-state index is 11.3. The summed E-state index contributed by atoms with van der Waals surface area (Å²) in [5.74, 6) is 2.37. The normalized spacial score (nSPS) is 29.3. The first-order valence-corrected chi connectivity index (χ1v) is 9.86. The van der Waals surface area contributed by atoms with Gasteiger partial charge in [-0.05, 0) is 54.6 Å². The van der Waals surface area contributed by atoms with E-state index >= 15 is 0 Å². The fraction of sp³-hybridized carbons (Fsp3) is 0.500. The Hall–Kier alpha value is -2.23. The van der Waals surface area contributed by atoms with E-state index in [9.17, 15) is 4.79 Å². The molecule has 1 aromatic carbocycles. The summed E-state index contributed by atoms with van der Waals surface area (Å²) in [4.78, 5) is 17.7. The molecular weight excluding hydrogens is 324 g/mol. The summed E-state index contributed by atoms with van der Waals surface area (Å²) in [5, 5.41) is 1.22. The molecule has 4 nitrogen and oxygen atoms in total. The quantitative estimate of drug-likeness (QED) is 0.646. The van der Waals surface area contributed by atoms with E-state index in [0.29, 0.717) is 23.6 Å². The van der Waals surface area contributed by atoms with E-state index < -0.39 is 0 Å². The fourth-order valence-electron chi connectivity index (χ4n) is 5.76. The van der Waals surface area contributed by atoms with Crippen LogP contribution in [-0.4, -0.2) is 28.4 Å². The van der Waals surface area contributed by atoms with Gasteiger partial charge in [-0.3, -0.25) is 4.79 Å². The van der Waals surface area contributed by atoms with Crippen LogP contribution in [0.2, 0.25) is 0 Å². The number of hydrogen-bond acceptors (Lipinski definition) is 3. The molecule has 6 rings (SSSR count). The van der Waals surface area contributed by atoms with Crippen molar-refractivity contribution < 1.29 is 9.53 Å². The SMILES string of the molecule is CC[C@@H]1C2[C@H]3CC(=CN2CCc2c3[nH]c3ccc(OC(C)=O)cc23)[C@@H]1C. The first kappa shape index (κ1) is 16.0. The lowest BCUT2D eigenvalue weighted by molar-refractivity contribution is -0.131. The highest BCUT2D eigenvalue weighted by Gasteiger charge is 2.48. The van der Waals surface area contributed by atoms with Crippen molar-refractivity contribution in [1.82, 2.24) is 9.88 Å². The molecule has 0 radical (unpaired) electrons. The van der Waals surface area contributed by atoms with Crippen molar-refractivity contribution in [3.63, 3.8) is 0 Å². The summed E-state index contributed by atoms with van der Waals surface area (Å²) in [6.45, 7) is 7.28. The topological polar surface area (TPSA) is 45.3 Å². The average Bonchev–Trinajstić information content (AvgIpc) is 2.93. The van der Waals surface area contributed by atoms with Crippen LogP contribution in [0.4, 0.5) is 0 Å². The molecule has 4 aliphatic rings. The molecule has 0 saturated heterocycles. The lowest BCUT2D eigenvalue weighted by Crippen LogP contribution is -2.51. The Kier molecular flexibility index (Phi) is 3.46. The molecule has 26 heavy (non-hydrogen) atoms. The zero-order valence-corrected chi connectivity index (χ0v) is 15.7. The average molecular weight is 350 g/mol. The van der Waals surface area contributed by atoms with Crippen LogP contribution in [0.25, 0.3) is 10.9 Å². The number of hydrogen-bond donors (Lipinski definition) is 1. The Morgan fingerprint density at radius 3 is 3.00 bits per heavy atom. The van der Waals surface area contributed by atoms with Gasteiger partial charge in [0.2, 0.25) is 0 Å². The molecule has 4 bridgehead atoms. The predicted octanol–water partition coefficient (Wildman–Crippen LogP) is 4.37. The zero-order chi connectivity index (χ0) is 18.0. The van der Waals surface area contributed by atoms with Crippen molar-refractivity contribution in [2.45, 2.75) is 52.0 Å². The number of benzene rings is 1. The second kappa shape index (κ2) is 5.63. The van der Waals surface area contributed by atoms with Crippen LogP contribution in [0.1, 0.15) is 50.8 Å². The summed E-state index contributed by atoms with van der Waals surface area (Å²) in [7, 11) is 0. The molecule has 2 aromatic rings. The molecule has 4 heteroatoms. The van der Waals surface area contributed by atoms with E-state index in [0.717, 1.165) is 24.4 Å². The molecule has 1 aromatic heterocycles. The van der Waals surface area contributed by atoms with Gasteiger partial charge in [-0.15, -0.1) is 0 Å². The first-order chi connectivity index (χ1) is 12.6. The number of nitrogens with zero attached hydrogens (tertiary/aromatic N) is 1. The number of carbonyl (C=O) groups is 1. The lowest BCUT2D eigenvalue weighted by atomic mass is 9.64. The third kappa shape index (κ3) is 2.17. The molecule has 1 fully saturated rings. The van der Waals surface area contributed by atoms with E-state index in [4.69, 9.17) is 4.74 Å². The molecule has 1 aliphatic carbocycles. The van der Waals surface area contributed by atoms with Gasteiger partial charge in [0.1, 0.15) is 5.75 Å². The van der Waals surface area contributed by atoms with Gasteiger partial charge < -0.3 is 14.6 Å². The predicted molar refractivity (Wildman–Crippen MR) is 102 cm³/mol. The Balaban J connectivity index is 1.63. The number of rotatable bonds is 2. The molecule has 4 atom stereocenters. The lowest BCUT2D eigenvalue weighted by Gasteiger charge is -2.52. The van der Waals surface area contributed by atoms with E-state index in [1.165, 1.54) is 36.4 Å². The number of aromatic amines is 1. The summed E-state index contributed by atoms with van der Waals surface area (Å²) < 4.78 is 5.32. The first-order valence-electron chi connectivity index (χ1n) is 9.86. The van der Waals surface area contributed by atoms with Crippen LogP contribution in [0.5, 0.6) is 5.75 Å². The van der Waals surface area contributed by atoms with Crippen molar-refractivity contribution in [2.75, 3.05) is 6.54 Å². The maximum Gasteiger partial charge on any atom is 0.308 e. The number of ether oxygens (including phenoxy) is 1. The van der Waals surface area contributed by atoms with Gasteiger partial charge in [-0.2, -0.15) is 0 Å². The second-order valence-corrected chi connectivity index (χ2v) is 8.17. The minimum absolute atomic E-state index is 0.268.